The van der Waals surface area contributed by atoms with Gasteiger partial charge in [-0.1, -0.05) is 12.1 Å². The number of aromatic nitrogens is 1. The summed E-state index contributed by atoms with van der Waals surface area (Å²) in [6.07, 6.45) is 1.86. The van der Waals surface area contributed by atoms with Crippen molar-refractivity contribution in [1.82, 2.24) is 15.2 Å². The van der Waals surface area contributed by atoms with E-state index < -0.39 is 0 Å². The average Bonchev–Trinajstić information content (AvgIpc) is 2.82. The van der Waals surface area contributed by atoms with Crippen LogP contribution in [0.1, 0.15) is 10.4 Å². The molecule has 0 unspecified atom stereocenters. The van der Waals surface area contributed by atoms with Gasteiger partial charge in [0.1, 0.15) is 0 Å². The third-order valence-corrected chi connectivity index (χ3v) is 2.86. The Hall–Kier alpha value is -1.81. The predicted molar refractivity (Wildman–Crippen MR) is 69.2 cm³/mol. The van der Waals surface area contributed by atoms with Crippen LogP contribution in [0.5, 0.6) is 0 Å². The number of fused-ring (bicyclic) bond motifs is 1. The molecule has 1 heterocycles. The Kier molecular flexibility index (Phi) is 3.44. The fourth-order valence-corrected chi connectivity index (χ4v) is 1.85. The minimum atomic E-state index is 0.0494. The van der Waals surface area contributed by atoms with Crippen LogP contribution >= 0.6 is 0 Å². The summed E-state index contributed by atoms with van der Waals surface area (Å²) < 4.78 is 0. The van der Waals surface area contributed by atoms with Gasteiger partial charge in [-0.05, 0) is 19.2 Å². The van der Waals surface area contributed by atoms with Gasteiger partial charge >= 0.3 is 0 Å². The van der Waals surface area contributed by atoms with Crippen LogP contribution in [0.25, 0.3) is 10.9 Å². The first-order chi connectivity index (χ1) is 8.24. The molecule has 1 aromatic carbocycles. The molecular weight excluding hydrogens is 214 g/mol. The van der Waals surface area contributed by atoms with Gasteiger partial charge in [-0.3, -0.25) is 4.79 Å². The van der Waals surface area contributed by atoms with Gasteiger partial charge in [0.05, 0.1) is 11.1 Å². The van der Waals surface area contributed by atoms with Crippen molar-refractivity contribution in [3.8, 4) is 0 Å². The summed E-state index contributed by atoms with van der Waals surface area (Å²) in [7, 11) is 3.70. The summed E-state index contributed by atoms with van der Waals surface area (Å²) in [5.74, 6) is 0.0494. The first-order valence-corrected chi connectivity index (χ1v) is 5.70. The van der Waals surface area contributed by atoms with Gasteiger partial charge in [0, 0.05) is 31.7 Å². The number of nitrogens with zero attached hydrogens (tertiary/aromatic N) is 1. The molecule has 90 valence electrons. The largest absolute Gasteiger partial charge is 0.361 e. The maximum Gasteiger partial charge on any atom is 0.255 e. The van der Waals surface area contributed by atoms with Gasteiger partial charge in [-0.15, -0.1) is 0 Å². The van der Waals surface area contributed by atoms with Gasteiger partial charge in [0.15, 0.2) is 0 Å². The maximum atomic E-state index is 12.2. The van der Waals surface area contributed by atoms with Crippen molar-refractivity contribution >= 4 is 16.8 Å². The molecule has 2 aromatic rings. The number of aromatic amines is 1. The normalized spacial score (nSPS) is 10.7. The molecule has 0 bridgehead atoms. The van der Waals surface area contributed by atoms with Crippen molar-refractivity contribution in [3.05, 3.63) is 36.0 Å². The Morgan fingerprint density at radius 1 is 1.41 bits per heavy atom. The molecule has 0 aliphatic heterocycles. The molecule has 1 amide bonds. The number of rotatable bonds is 4. The first-order valence-electron chi connectivity index (χ1n) is 5.70. The minimum Gasteiger partial charge on any atom is -0.361 e. The molecule has 2 rings (SSSR count). The van der Waals surface area contributed by atoms with Crippen LogP contribution in [0.4, 0.5) is 0 Å². The highest BCUT2D eigenvalue weighted by atomic mass is 16.2. The third kappa shape index (κ3) is 2.31. The van der Waals surface area contributed by atoms with E-state index in [0.29, 0.717) is 6.54 Å². The Balaban J connectivity index is 2.27. The van der Waals surface area contributed by atoms with E-state index in [1.807, 2.05) is 44.6 Å². The number of likely N-dealkylation sites (N-methyl/N-ethyl adjacent to an activating group) is 2. The number of hydrogen-bond donors (Lipinski definition) is 2. The number of nitrogens with one attached hydrogen (secondary N) is 2. The van der Waals surface area contributed by atoms with Crippen molar-refractivity contribution < 1.29 is 4.79 Å². The molecule has 0 spiro atoms. The smallest absolute Gasteiger partial charge is 0.255 e. The number of H-pyrrole nitrogens is 1. The van der Waals surface area contributed by atoms with E-state index in [1.54, 1.807) is 4.90 Å². The lowest BCUT2D eigenvalue weighted by molar-refractivity contribution is 0.0798. The zero-order valence-electron chi connectivity index (χ0n) is 10.2. The average molecular weight is 231 g/mol. The first kappa shape index (κ1) is 11.7. The fraction of sp³-hybridized carbons (Fsp3) is 0.308. The van der Waals surface area contributed by atoms with Crippen molar-refractivity contribution in [2.75, 3.05) is 27.2 Å². The second-order valence-corrected chi connectivity index (χ2v) is 4.08. The van der Waals surface area contributed by atoms with E-state index in [2.05, 4.69) is 10.3 Å². The number of benzene rings is 1. The second kappa shape index (κ2) is 5.01. The van der Waals surface area contributed by atoms with Crippen LogP contribution in [0.2, 0.25) is 0 Å². The van der Waals surface area contributed by atoms with Gasteiger partial charge in [0.2, 0.25) is 0 Å². The van der Waals surface area contributed by atoms with E-state index in [-0.39, 0.29) is 5.91 Å². The molecule has 1 aromatic heterocycles. The van der Waals surface area contributed by atoms with Crippen LogP contribution in [0.15, 0.2) is 30.5 Å². The van der Waals surface area contributed by atoms with Crippen molar-refractivity contribution in [2.24, 2.45) is 0 Å². The lowest BCUT2D eigenvalue weighted by Crippen LogP contribution is -2.32. The second-order valence-electron chi connectivity index (χ2n) is 4.08. The number of carbonyl (C=O) groups excluding carboxylic acids is 1. The van der Waals surface area contributed by atoms with E-state index in [4.69, 9.17) is 0 Å². The monoisotopic (exact) mass is 231 g/mol. The quantitative estimate of drug-likeness (QED) is 0.837. The Morgan fingerprint density at radius 3 is 3.00 bits per heavy atom. The molecule has 4 nitrogen and oxygen atoms in total. The number of carbonyl (C=O) groups is 1. The van der Waals surface area contributed by atoms with Gasteiger partial charge in [-0.2, -0.15) is 0 Å². The molecular formula is C13H17N3O. The van der Waals surface area contributed by atoms with Crippen molar-refractivity contribution in [2.45, 2.75) is 0 Å². The van der Waals surface area contributed by atoms with Crippen LogP contribution in [0.3, 0.4) is 0 Å². The summed E-state index contributed by atoms with van der Waals surface area (Å²) in [6, 6.07) is 7.74. The fourth-order valence-electron chi connectivity index (χ4n) is 1.85. The standard InChI is InChI=1S/C13H17N3O/c1-14-8-9-16(2)13(17)11-5-3-4-10-6-7-15-12(10)11/h3-7,14-15H,8-9H2,1-2H3. The molecule has 0 saturated heterocycles. The molecule has 17 heavy (non-hydrogen) atoms. The summed E-state index contributed by atoms with van der Waals surface area (Å²) in [6.45, 7) is 1.50. The number of amides is 1. The summed E-state index contributed by atoms with van der Waals surface area (Å²) in [5, 5.41) is 4.10. The van der Waals surface area contributed by atoms with Gasteiger partial charge in [0.25, 0.3) is 5.91 Å². The Labute approximate surface area is 101 Å². The molecule has 2 N–H and O–H groups in total. The topological polar surface area (TPSA) is 48.1 Å². The van der Waals surface area contributed by atoms with E-state index in [9.17, 15) is 4.79 Å². The summed E-state index contributed by atoms with van der Waals surface area (Å²) >= 11 is 0. The zero-order chi connectivity index (χ0) is 12.3. The third-order valence-electron chi connectivity index (χ3n) is 2.86. The van der Waals surface area contributed by atoms with Crippen LogP contribution in [-0.4, -0.2) is 43.0 Å². The lowest BCUT2D eigenvalue weighted by Gasteiger charge is -2.17. The zero-order valence-corrected chi connectivity index (χ0v) is 10.2. The number of para-hydroxylation sites is 1. The SMILES string of the molecule is CNCCN(C)C(=O)c1cccc2cc[nH]c12. The van der Waals surface area contributed by atoms with Gasteiger partial charge in [-0.25, -0.2) is 0 Å². The Bertz CT molecular complexity index is 518. The highest BCUT2D eigenvalue weighted by Crippen LogP contribution is 2.18. The number of hydrogen-bond acceptors (Lipinski definition) is 2. The van der Waals surface area contributed by atoms with E-state index >= 15 is 0 Å². The highest BCUT2D eigenvalue weighted by molar-refractivity contribution is 6.05. The highest BCUT2D eigenvalue weighted by Gasteiger charge is 2.14. The van der Waals surface area contributed by atoms with Gasteiger partial charge < -0.3 is 15.2 Å². The molecule has 0 aliphatic carbocycles. The van der Waals surface area contributed by atoms with E-state index in [1.165, 1.54) is 0 Å². The summed E-state index contributed by atoms with van der Waals surface area (Å²) in [4.78, 5) is 17.1. The molecule has 0 saturated carbocycles. The van der Waals surface area contributed by atoms with E-state index in [0.717, 1.165) is 23.0 Å². The van der Waals surface area contributed by atoms with Crippen LogP contribution in [-0.2, 0) is 0 Å². The molecule has 0 radical (unpaired) electrons. The maximum absolute atomic E-state index is 12.2. The predicted octanol–water partition coefficient (Wildman–Crippen LogP) is 1.46. The lowest BCUT2D eigenvalue weighted by atomic mass is 10.1. The van der Waals surface area contributed by atoms with Crippen molar-refractivity contribution in [1.29, 1.82) is 0 Å². The molecule has 0 aliphatic rings. The van der Waals surface area contributed by atoms with Crippen molar-refractivity contribution in [3.63, 3.8) is 0 Å². The summed E-state index contributed by atoms with van der Waals surface area (Å²) in [5.41, 5.74) is 1.64. The van der Waals surface area contributed by atoms with Crippen LogP contribution < -0.4 is 5.32 Å². The molecule has 0 atom stereocenters. The van der Waals surface area contributed by atoms with Crippen LogP contribution in [0, 0.1) is 0 Å². The molecule has 4 heteroatoms. The minimum absolute atomic E-state index is 0.0494. The Morgan fingerprint density at radius 2 is 2.24 bits per heavy atom. The molecule has 0 fully saturated rings.